The summed E-state index contributed by atoms with van der Waals surface area (Å²) in [4.78, 5) is 35.9. The van der Waals surface area contributed by atoms with E-state index in [0.29, 0.717) is 0 Å². The third-order valence-electron chi connectivity index (χ3n) is 3.72. The molecule has 0 aromatic carbocycles. The number of rotatable bonds is 11. The van der Waals surface area contributed by atoms with Crippen LogP contribution in [0, 0.1) is 5.41 Å². The first-order valence-electron chi connectivity index (χ1n) is 8.05. The zero-order valence-corrected chi connectivity index (χ0v) is 16.8. The van der Waals surface area contributed by atoms with Crippen molar-refractivity contribution in [3.05, 3.63) is 24.3 Å². The Morgan fingerprint density at radius 1 is 1.00 bits per heavy atom. The number of hydrogen-bond donors (Lipinski definition) is 1. The molecule has 0 aliphatic rings. The van der Waals surface area contributed by atoms with Gasteiger partial charge in [-0.15, -0.1) is 0 Å². The topological polar surface area (TPSA) is 133 Å². The Balaban J connectivity index is 0. The molecule has 0 aliphatic carbocycles. The van der Waals surface area contributed by atoms with E-state index in [9.17, 15) is 22.8 Å². The Hall–Kier alpha value is -1.43. The van der Waals surface area contributed by atoms with Crippen LogP contribution in [0.3, 0.4) is 0 Å². The van der Waals surface area contributed by atoms with Gasteiger partial charge in [0, 0.05) is 11.1 Å². The molecule has 0 aromatic rings. The largest absolute Gasteiger partial charge is 0.464 e. The Morgan fingerprint density at radius 2 is 1.39 bits per heavy atom. The molecule has 0 bridgehead atoms. The highest BCUT2D eigenvalue weighted by Crippen LogP contribution is 2.26. The maximum atomic E-state index is 12.6. The lowest BCUT2D eigenvalue weighted by atomic mass is 9.87. The van der Waals surface area contributed by atoms with Crippen molar-refractivity contribution in [2.45, 2.75) is 39.4 Å². The lowest BCUT2D eigenvalue weighted by Crippen LogP contribution is -2.43. The molecule has 1 N–H and O–H groups in total. The molecule has 0 saturated carbocycles. The highest BCUT2D eigenvalue weighted by Gasteiger charge is 2.42. The van der Waals surface area contributed by atoms with E-state index >= 15 is 0 Å². The van der Waals surface area contributed by atoms with Crippen LogP contribution in [0.2, 0.25) is 0 Å². The van der Waals surface area contributed by atoms with E-state index in [1.807, 2.05) is 0 Å². The molecule has 0 saturated heterocycles. The number of carbonyl (C=O) groups excluding carboxylic acids is 3. The molecule has 1 atom stereocenters. The smallest absolute Gasteiger partial charge is 0.333 e. The predicted molar refractivity (Wildman–Crippen MR) is 105 cm³/mol. The lowest BCUT2D eigenvalue weighted by Gasteiger charge is -2.29. The van der Waals surface area contributed by atoms with Crippen molar-refractivity contribution in [2.24, 2.45) is 5.41 Å². The number of hydrogen-bond acceptors (Lipinski definition) is 8. The SMILES string of the molecule is C=C(C)C(=O)OCC(CC)(COC(=O)C(=C)C)C(=O)OCC(C)S(=O)(=O)O.[MgH2]. The average molecular weight is 433 g/mol. The Bertz CT molecular complexity index is 682. The van der Waals surface area contributed by atoms with E-state index in [2.05, 4.69) is 13.2 Å². The third-order valence-corrected chi connectivity index (χ3v) is 4.88. The quantitative estimate of drug-likeness (QED) is 0.163. The van der Waals surface area contributed by atoms with E-state index in [0.717, 1.165) is 6.92 Å². The molecule has 9 nitrogen and oxygen atoms in total. The molecule has 0 radical (unpaired) electrons. The zero-order chi connectivity index (χ0) is 21.4. The lowest BCUT2D eigenvalue weighted by molar-refractivity contribution is -0.170. The van der Waals surface area contributed by atoms with Gasteiger partial charge in [-0.25, -0.2) is 9.59 Å². The summed E-state index contributed by atoms with van der Waals surface area (Å²) in [5.74, 6) is -2.44. The fraction of sp³-hybridized carbons (Fsp3) is 0.588. The molecule has 1 unspecified atom stereocenters. The van der Waals surface area contributed by atoms with E-state index in [-0.39, 0.29) is 40.6 Å². The van der Waals surface area contributed by atoms with Crippen LogP contribution in [-0.2, 0) is 38.7 Å². The van der Waals surface area contributed by atoms with E-state index < -0.39 is 58.5 Å². The molecule has 0 spiro atoms. The molecule has 0 aromatic heterocycles. The van der Waals surface area contributed by atoms with Crippen molar-refractivity contribution in [3.8, 4) is 0 Å². The second kappa shape index (κ2) is 12.2. The van der Waals surface area contributed by atoms with Gasteiger partial charge in [0.05, 0.1) is 0 Å². The second-order valence-corrected chi connectivity index (χ2v) is 8.11. The maximum absolute atomic E-state index is 12.6. The van der Waals surface area contributed by atoms with Gasteiger partial charge in [0.15, 0.2) is 0 Å². The Labute approximate surface area is 181 Å². The Morgan fingerprint density at radius 3 is 1.68 bits per heavy atom. The van der Waals surface area contributed by atoms with Crippen LogP contribution < -0.4 is 0 Å². The minimum atomic E-state index is -4.40. The molecule has 0 amide bonds. The Kier molecular flexibility index (Phi) is 12.5. The summed E-state index contributed by atoms with van der Waals surface area (Å²) in [5.41, 5.74) is -1.35. The normalized spacial score (nSPS) is 12.2. The van der Waals surface area contributed by atoms with Gasteiger partial charge >= 0.3 is 41.0 Å². The van der Waals surface area contributed by atoms with Gasteiger partial charge in [-0.05, 0) is 27.2 Å². The number of esters is 3. The molecule has 0 aliphatic heterocycles. The number of carbonyl (C=O) groups is 3. The van der Waals surface area contributed by atoms with E-state index in [1.165, 1.54) is 13.8 Å². The standard InChI is InChI=1S/C17H26O9S.Mg.2H/c1-7-17(9-25-14(18)11(2)3,10-26-15(19)12(4)5)16(20)24-8-13(6)27(21,22)23;;;/h13H,2,4,7-10H2,1,3,5-6H3,(H,21,22,23);;;. The molecule has 28 heavy (non-hydrogen) atoms. The van der Waals surface area contributed by atoms with Crippen LogP contribution in [0.25, 0.3) is 0 Å². The summed E-state index contributed by atoms with van der Waals surface area (Å²) >= 11 is 0. The average Bonchev–Trinajstić information content (AvgIpc) is 2.58. The first-order chi connectivity index (χ1) is 12.3. The maximum Gasteiger partial charge on any atom is 0.333 e. The van der Waals surface area contributed by atoms with Crippen LogP contribution in [0.1, 0.15) is 34.1 Å². The van der Waals surface area contributed by atoms with Gasteiger partial charge in [0.25, 0.3) is 10.1 Å². The fourth-order valence-corrected chi connectivity index (χ4v) is 1.83. The first-order valence-corrected chi connectivity index (χ1v) is 9.56. The van der Waals surface area contributed by atoms with Crippen molar-refractivity contribution in [1.82, 2.24) is 0 Å². The van der Waals surface area contributed by atoms with Crippen LogP contribution in [-0.4, -0.2) is 79.0 Å². The van der Waals surface area contributed by atoms with Gasteiger partial charge < -0.3 is 14.2 Å². The molecule has 158 valence electrons. The van der Waals surface area contributed by atoms with Crippen molar-refractivity contribution in [2.75, 3.05) is 19.8 Å². The fourth-order valence-electron chi connectivity index (χ4n) is 1.59. The molecular formula is C17H28MgO9S. The summed E-state index contributed by atoms with van der Waals surface area (Å²) in [6.07, 6.45) is 0.0546. The van der Waals surface area contributed by atoms with E-state index in [1.54, 1.807) is 6.92 Å². The molecular weight excluding hydrogens is 405 g/mol. The van der Waals surface area contributed by atoms with Crippen molar-refractivity contribution in [1.29, 1.82) is 0 Å². The second-order valence-electron chi connectivity index (χ2n) is 6.27. The van der Waals surface area contributed by atoms with Crippen molar-refractivity contribution >= 4 is 51.1 Å². The van der Waals surface area contributed by atoms with Crippen LogP contribution in [0.5, 0.6) is 0 Å². The van der Waals surface area contributed by atoms with Gasteiger partial charge in [0.1, 0.15) is 30.5 Å². The van der Waals surface area contributed by atoms with Crippen molar-refractivity contribution < 1.29 is 41.6 Å². The van der Waals surface area contributed by atoms with Crippen LogP contribution in [0.15, 0.2) is 24.3 Å². The van der Waals surface area contributed by atoms with Gasteiger partial charge in [-0.3, -0.25) is 9.35 Å². The first kappa shape index (κ1) is 28.8. The summed E-state index contributed by atoms with van der Waals surface area (Å²) in [5, 5.41) is -1.35. The van der Waals surface area contributed by atoms with E-state index in [4.69, 9.17) is 18.8 Å². The summed E-state index contributed by atoms with van der Waals surface area (Å²) in [6, 6.07) is 0. The minimum Gasteiger partial charge on any atom is -0.464 e. The highest BCUT2D eigenvalue weighted by atomic mass is 32.2. The zero-order valence-electron chi connectivity index (χ0n) is 15.9. The monoisotopic (exact) mass is 432 g/mol. The molecule has 11 heteroatoms. The van der Waals surface area contributed by atoms with Gasteiger partial charge in [-0.2, -0.15) is 8.42 Å². The molecule has 0 fully saturated rings. The molecule has 0 heterocycles. The van der Waals surface area contributed by atoms with Gasteiger partial charge in [-0.1, -0.05) is 20.1 Å². The third kappa shape index (κ3) is 9.17. The van der Waals surface area contributed by atoms with Crippen molar-refractivity contribution in [3.63, 3.8) is 0 Å². The number of ether oxygens (including phenoxy) is 3. The van der Waals surface area contributed by atoms with Gasteiger partial charge in [0.2, 0.25) is 0 Å². The molecule has 0 rings (SSSR count). The van der Waals surface area contributed by atoms with Crippen LogP contribution >= 0.6 is 0 Å². The van der Waals surface area contributed by atoms with Crippen LogP contribution in [0.4, 0.5) is 0 Å². The minimum absolute atomic E-state index is 0. The summed E-state index contributed by atoms with van der Waals surface area (Å²) in [6.45, 7) is 10.9. The predicted octanol–water partition coefficient (Wildman–Crippen LogP) is 0.525. The highest BCUT2D eigenvalue weighted by molar-refractivity contribution is 7.86. The summed E-state index contributed by atoms with van der Waals surface area (Å²) < 4.78 is 46.1. The summed E-state index contributed by atoms with van der Waals surface area (Å²) in [7, 11) is -4.40.